The molecule has 1 unspecified atom stereocenters. The number of rotatable bonds is 5. The van der Waals surface area contributed by atoms with Gasteiger partial charge < -0.3 is 10.4 Å². The van der Waals surface area contributed by atoms with Crippen molar-refractivity contribution in [2.75, 3.05) is 11.9 Å². The molecule has 0 fully saturated rings. The molecule has 0 aliphatic heterocycles. The second kappa shape index (κ2) is 7.40. The minimum Gasteiger partial charge on any atom is -0.394 e. The molecule has 4 nitrogen and oxygen atoms in total. The molecule has 3 rings (SSSR count). The molecule has 0 aliphatic carbocycles. The van der Waals surface area contributed by atoms with Gasteiger partial charge in [-0.15, -0.1) is 0 Å². The van der Waals surface area contributed by atoms with Gasteiger partial charge in [0.1, 0.15) is 0 Å². The maximum absolute atomic E-state index is 9.67. The van der Waals surface area contributed by atoms with Gasteiger partial charge in [-0.3, -0.25) is 4.98 Å². The maximum Gasteiger partial charge on any atom is 0.0991 e. The Morgan fingerprint density at radius 1 is 1.00 bits per heavy atom. The molecule has 0 saturated heterocycles. The van der Waals surface area contributed by atoms with Crippen molar-refractivity contribution in [3.05, 3.63) is 84.2 Å². The Hall–Kier alpha value is -3.16. The number of hydrogen-bond donors (Lipinski definition) is 2. The molecule has 4 heteroatoms. The molecule has 1 heterocycles. The van der Waals surface area contributed by atoms with Crippen molar-refractivity contribution >= 4 is 5.69 Å². The molecule has 1 aromatic heterocycles. The predicted octanol–water partition coefficient (Wildman–Crippen LogP) is 3.77. The van der Waals surface area contributed by atoms with Crippen molar-refractivity contribution in [1.82, 2.24) is 4.98 Å². The van der Waals surface area contributed by atoms with Crippen LogP contribution in [-0.4, -0.2) is 16.7 Å². The largest absolute Gasteiger partial charge is 0.394 e. The second-order valence-electron chi connectivity index (χ2n) is 5.44. The summed E-state index contributed by atoms with van der Waals surface area (Å²) in [6.45, 7) is -0.00882. The lowest BCUT2D eigenvalue weighted by Gasteiger charge is -2.18. The van der Waals surface area contributed by atoms with Crippen LogP contribution in [0, 0.1) is 11.3 Å². The summed E-state index contributed by atoms with van der Waals surface area (Å²) in [6, 6.07) is 21.1. The van der Waals surface area contributed by atoms with Gasteiger partial charge in [0.25, 0.3) is 0 Å². The van der Waals surface area contributed by atoms with Crippen LogP contribution in [0.4, 0.5) is 5.69 Å². The molecule has 2 aromatic carbocycles. The first-order chi connectivity index (χ1) is 11.8. The summed E-state index contributed by atoms with van der Waals surface area (Å²) in [7, 11) is 0. The van der Waals surface area contributed by atoms with E-state index in [1.54, 1.807) is 24.5 Å². The Morgan fingerprint density at radius 3 is 2.42 bits per heavy atom. The number of nitrogens with one attached hydrogen (secondary N) is 1. The molecule has 0 spiro atoms. The van der Waals surface area contributed by atoms with E-state index in [2.05, 4.69) is 16.4 Å². The van der Waals surface area contributed by atoms with Gasteiger partial charge in [0, 0.05) is 18.0 Å². The Morgan fingerprint density at radius 2 is 1.75 bits per heavy atom. The quantitative estimate of drug-likeness (QED) is 0.752. The van der Waals surface area contributed by atoms with E-state index in [9.17, 15) is 5.11 Å². The van der Waals surface area contributed by atoms with Crippen molar-refractivity contribution in [2.45, 2.75) is 6.04 Å². The van der Waals surface area contributed by atoms with Gasteiger partial charge in [-0.05, 0) is 29.3 Å². The fraction of sp³-hybridized carbons (Fsp3) is 0.100. The number of nitriles is 1. The first kappa shape index (κ1) is 15.7. The summed E-state index contributed by atoms with van der Waals surface area (Å²) < 4.78 is 0. The van der Waals surface area contributed by atoms with Crippen LogP contribution in [0.2, 0.25) is 0 Å². The minimum absolute atomic E-state index is 0.00882. The number of aliphatic hydroxyl groups excluding tert-OH is 1. The lowest BCUT2D eigenvalue weighted by Crippen LogP contribution is -2.14. The Labute approximate surface area is 141 Å². The molecule has 0 aliphatic rings. The van der Waals surface area contributed by atoms with E-state index < -0.39 is 0 Å². The second-order valence-corrected chi connectivity index (χ2v) is 5.44. The van der Waals surface area contributed by atoms with Crippen molar-refractivity contribution in [3.63, 3.8) is 0 Å². The molecular weight excluding hydrogens is 298 g/mol. The Bertz CT molecular complexity index is 839. The van der Waals surface area contributed by atoms with Crippen molar-refractivity contribution in [3.8, 4) is 17.2 Å². The van der Waals surface area contributed by atoms with Crippen molar-refractivity contribution in [1.29, 1.82) is 5.26 Å². The van der Waals surface area contributed by atoms with Crippen LogP contribution in [-0.2, 0) is 0 Å². The van der Waals surface area contributed by atoms with Gasteiger partial charge in [0.15, 0.2) is 0 Å². The molecule has 1 atom stereocenters. The Balaban J connectivity index is 1.83. The molecule has 0 bridgehead atoms. The Kier molecular flexibility index (Phi) is 4.85. The van der Waals surface area contributed by atoms with Gasteiger partial charge in [0.2, 0.25) is 0 Å². The van der Waals surface area contributed by atoms with Gasteiger partial charge >= 0.3 is 0 Å². The molecule has 0 saturated carbocycles. The molecule has 3 aromatic rings. The highest BCUT2D eigenvalue weighted by Crippen LogP contribution is 2.24. The highest BCUT2D eigenvalue weighted by Gasteiger charge is 2.10. The van der Waals surface area contributed by atoms with E-state index in [-0.39, 0.29) is 12.6 Å². The number of aliphatic hydroxyl groups is 1. The van der Waals surface area contributed by atoms with E-state index in [4.69, 9.17) is 5.26 Å². The van der Waals surface area contributed by atoms with E-state index in [1.165, 1.54) is 0 Å². The van der Waals surface area contributed by atoms with Gasteiger partial charge in [-0.1, -0.05) is 42.5 Å². The van der Waals surface area contributed by atoms with Crippen LogP contribution in [0.15, 0.2) is 73.1 Å². The SMILES string of the molecule is N#Cc1ccc(-c2cncc(NC(CO)c3ccccc3)c2)cc1. The molecule has 0 amide bonds. The average Bonchev–Trinajstić information content (AvgIpc) is 2.67. The highest BCUT2D eigenvalue weighted by molar-refractivity contribution is 5.67. The van der Waals surface area contributed by atoms with Crippen LogP contribution in [0.25, 0.3) is 11.1 Å². The first-order valence-corrected chi connectivity index (χ1v) is 7.68. The van der Waals surface area contributed by atoms with Crippen LogP contribution < -0.4 is 5.32 Å². The minimum atomic E-state index is -0.191. The number of nitrogens with zero attached hydrogens (tertiary/aromatic N) is 2. The van der Waals surface area contributed by atoms with E-state index in [0.717, 1.165) is 22.4 Å². The van der Waals surface area contributed by atoms with Crippen molar-refractivity contribution in [2.24, 2.45) is 0 Å². The normalized spacial score (nSPS) is 11.5. The third-order valence-electron chi connectivity index (χ3n) is 3.81. The molecule has 2 N–H and O–H groups in total. The third kappa shape index (κ3) is 3.60. The smallest absolute Gasteiger partial charge is 0.0991 e. The summed E-state index contributed by atoms with van der Waals surface area (Å²) in [5, 5.41) is 21.9. The zero-order valence-electron chi connectivity index (χ0n) is 13.1. The molecule has 24 heavy (non-hydrogen) atoms. The first-order valence-electron chi connectivity index (χ1n) is 7.68. The predicted molar refractivity (Wildman–Crippen MR) is 94.3 cm³/mol. The van der Waals surface area contributed by atoms with Gasteiger partial charge in [-0.2, -0.15) is 5.26 Å². The molecule has 118 valence electrons. The summed E-state index contributed by atoms with van der Waals surface area (Å²) in [6.07, 6.45) is 3.52. The third-order valence-corrected chi connectivity index (χ3v) is 3.81. The number of pyridine rings is 1. The summed E-state index contributed by atoms with van der Waals surface area (Å²) in [5.74, 6) is 0. The van der Waals surface area contributed by atoms with Gasteiger partial charge in [-0.25, -0.2) is 0 Å². The fourth-order valence-corrected chi connectivity index (χ4v) is 2.53. The van der Waals surface area contributed by atoms with Crippen LogP contribution in [0.5, 0.6) is 0 Å². The summed E-state index contributed by atoms with van der Waals surface area (Å²) in [5.41, 5.74) is 4.42. The number of anilines is 1. The lowest BCUT2D eigenvalue weighted by atomic mass is 10.0. The number of hydrogen-bond acceptors (Lipinski definition) is 4. The fourth-order valence-electron chi connectivity index (χ4n) is 2.53. The summed E-state index contributed by atoms with van der Waals surface area (Å²) >= 11 is 0. The van der Waals surface area contributed by atoms with Crippen LogP contribution in [0.1, 0.15) is 17.2 Å². The summed E-state index contributed by atoms with van der Waals surface area (Å²) in [4.78, 5) is 4.28. The highest BCUT2D eigenvalue weighted by atomic mass is 16.3. The van der Waals surface area contributed by atoms with Crippen LogP contribution in [0.3, 0.4) is 0 Å². The zero-order chi connectivity index (χ0) is 16.8. The number of benzene rings is 2. The standard InChI is InChI=1S/C20H17N3O/c21-11-15-6-8-16(9-7-15)18-10-19(13-22-12-18)23-20(14-24)17-4-2-1-3-5-17/h1-10,12-13,20,23-24H,14H2. The topological polar surface area (TPSA) is 68.9 Å². The average molecular weight is 315 g/mol. The zero-order valence-corrected chi connectivity index (χ0v) is 13.1. The number of aromatic nitrogens is 1. The molecule has 0 radical (unpaired) electrons. The van der Waals surface area contributed by atoms with E-state index in [1.807, 2.05) is 48.5 Å². The van der Waals surface area contributed by atoms with E-state index >= 15 is 0 Å². The monoisotopic (exact) mass is 315 g/mol. The van der Waals surface area contributed by atoms with Crippen LogP contribution >= 0.6 is 0 Å². The lowest BCUT2D eigenvalue weighted by molar-refractivity contribution is 0.276. The van der Waals surface area contributed by atoms with E-state index in [0.29, 0.717) is 5.56 Å². The maximum atomic E-state index is 9.67. The van der Waals surface area contributed by atoms with Crippen molar-refractivity contribution < 1.29 is 5.11 Å². The molecular formula is C20H17N3O. The van der Waals surface area contributed by atoms with Gasteiger partial charge in [0.05, 0.1) is 30.0 Å².